The molecule has 1 atom stereocenters. The van der Waals surface area contributed by atoms with Gasteiger partial charge in [0, 0.05) is 30.8 Å². The molecule has 1 fully saturated rings. The predicted octanol–water partition coefficient (Wildman–Crippen LogP) is 4.73. The highest BCUT2D eigenvalue weighted by molar-refractivity contribution is 6.01. The molecule has 4 rings (SSSR count). The van der Waals surface area contributed by atoms with Gasteiger partial charge in [-0.25, -0.2) is 4.39 Å². The molecule has 1 saturated heterocycles. The van der Waals surface area contributed by atoms with Gasteiger partial charge in [-0.05, 0) is 24.6 Å². The van der Waals surface area contributed by atoms with E-state index in [4.69, 9.17) is 0 Å². The minimum Gasteiger partial charge on any atom is -0.309 e. The second-order valence-electron chi connectivity index (χ2n) is 7.11. The summed E-state index contributed by atoms with van der Waals surface area (Å²) in [5.74, 6) is -0.176. The van der Waals surface area contributed by atoms with Gasteiger partial charge in [0.25, 0.3) is 0 Å². The van der Waals surface area contributed by atoms with Crippen molar-refractivity contribution in [3.8, 4) is 11.1 Å². The van der Waals surface area contributed by atoms with Gasteiger partial charge in [0.05, 0.1) is 11.7 Å². The van der Waals surface area contributed by atoms with Gasteiger partial charge < -0.3 is 4.90 Å². The Morgan fingerprint density at radius 3 is 2.36 bits per heavy atom. The molecule has 1 aliphatic heterocycles. The minimum atomic E-state index is -0.308. The number of carbonyl (C=O) groups excluding carboxylic acids is 1. The Bertz CT molecular complexity index is 973. The summed E-state index contributed by atoms with van der Waals surface area (Å²) in [5, 5.41) is 0. The van der Waals surface area contributed by atoms with Crippen LogP contribution in [0.15, 0.2) is 78.9 Å². The summed E-state index contributed by atoms with van der Waals surface area (Å²) in [6, 6.07) is 24.6. The van der Waals surface area contributed by atoms with Crippen molar-refractivity contribution in [3.05, 3.63) is 90.2 Å². The molecule has 0 unspecified atom stereocenters. The number of piperazine rings is 1. The first-order valence-electron chi connectivity index (χ1n) is 9.58. The largest absolute Gasteiger partial charge is 0.309 e. The van der Waals surface area contributed by atoms with E-state index in [2.05, 4.69) is 12.1 Å². The number of amides is 1. The standard InChI is InChI=1S/C24H23FN2O/c1-18-24(28)27(16-15-26(18)17-20-11-5-7-13-22(20)25)23-14-8-6-12-21(23)19-9-3-2-4-10-19/h2-14,18H,15-17H2,1H3/t18-/m1/s1. The van der Waals surface area contributed by atoms with Crippen LogP contribution in [0.4, 0.5) is 10.1 Å². The van der Waals surface area contributed by atoms with E-state index < -0.39 is 0 Å². The lowest BCUT2D eigenvalue weighted by atomic mass is 10.0. The molecule has 0 bridgehead atoms. The Morgan fingerprint density at radius 1 is 0.893 bits per heavy atom. The normalized spacial score (nSPS) is 17.7. The molecular weight excluding hydrogens is 351 g/mol. The fourth-order valence-corrected chi connectivity index (χ4v) is 3.79. The van der Waals surface area contributed by atoms with Crippen molar-refractivity contribution >= 4 is 11.6 Å². The molecule has 0 N–H and O–H groups in total. The molecule has 1 aliphatic rings. The fraction of sp³-hybridized carbons (Fsp3) is 0.208. The van der Waals surface area contributed by atoms with Crippen LogP contribution in [0.3, 0.4) is 0 Å². The van der Waals surface area contributed by atoms with Crippen LogP contribution in [0, 0.1) is 5.82 Å². The molecule has 0 spiro atoms. The predicted molar refractivity (Wildman–Crippen MR) is 111 cm³/mol. The Morgan fingerprint density at radius 2 is 1.57 bits per heavy atom. The molecule has 1 heterocycles. The summed E-state index contributed by atoms with van der Waals surface area (Å²) >= 11 is 0. The number of hydrogen-bond donors (Lipinski definition) is 0. The van der Waals surface area contributed by atoms with Crippen molar-refractivity contribution in [1.29, 1.82) is 0 Å². The van der Waals surface area contributed by atoms with Gasteiger partial charge in [0.15, 0.2) is 0 Å². The van der Waals surface area contributed by atoms with Gasteiger partial charge in [-0.1, -0.05) is 66.7 Å². The van der Waals surface area contributed by atoms with E-state index in [0.29, 0.717) is 25.2 Å². The van der Waals surface area contributed by atoms with Crippen LogP contribution in [-0.2, 0) is 11.3 Å². The monoisotopic (exact) mass is 374 g/mol. The number of carbonyl (C=O) groups is 1. The van der Waals surface area contributed by atoms with E-state index in [9.17, 15) is 9.18 Å². The molecule has 4 heteroatoms. The van der Waals surface area contributed by atoms with Crippen molar-refractivity contribution in [3.63, 3.8) is 0 Å². The zero-order valence-electron chi connectivity index (χ0n) is 15.9. The van der Waals surface area contributed by atoms with Crippen LogP contribution in [0.1, 0.15) is 12.5 Å². The zero-order valence-corrected chi connectivity index (χ0v) is 15.9. The van der Waals surface area contributed by atoms with E-state index in [0.717, 1.165) is 16.8 Å². The second-order valence-corrected chi connectivity index (χ2v) is 7.11. The summed E-state index contributed by atoms with van der Waals surface area (Å²) in [6.45, 7) is 3.63. The molecule has 0 saturated carbocycles. The first-order chi connectivity index (χ1) is 13.6. The van der Waals surface area contributed by atoms with Crippen molar-refractivity contribution in [2.24, 2.45) is 0 Å². The van der Waals surface area contributed by atoms with E-state index in [1.165, 1.54) is 6.07 Å². The average Bonchev–Trinajstić information content (AvgIpc) is 2.74. The van der Waals surface area contributed by atoms with Crippen molar-refractivity contribution < 1.29 is 9.18 Å². The number of hydrogen-bond acceptors (Lipinski definition) is 2. The number of rotatable bonds is 4. The second kappa shape index (κ2) is 7.95. The van der Waals surface area contributed by atoms with E-state index in [1.807, 2.05) is 65.3 Å². The molecule has 1 amide bonds. The van der Waals surface area contributed by atoms with E-state index in [-0.39, 0.29) is 17.8 Å². The first-order valence-corrected chi connectivity index (χ1v) is 9.58. The van der Waals surface area contributed by atoms with Gasteiger partial charge in [-0.15, -0.1) is 0 Å². The molecule has 142 valence electrons. The van der Waals surface area contributed by atoms with Crippen LogP contribution in [-0.4, -0.2) is 29.9 Å². The lowest BCUT2D eigenvalue weighted by molar-refractivity contribution is -0.125. The highest BCUT2D eigenvalue weighted by atomic mass is 19.1. The highest BCUT2D eigenvalue weighted by Gasteiger charge is 2.33. The molecule has 0 aromatic heterocycles. The zero-order chi connectivity index (χ0) is 19.5. The Kier molecular flexibility index (Phi) is 5.22. The Balaban J connectivity index is 1.58. The maximum Gasteiger partial charge on any atom is 0.244 e. The number of para-hydroxylation sites is 1. The SMILES string of the molecule is C[C@@H]1C(=O)N(c2ccccc2-c2ccccc2)CCN1Cc1ccccc1F. The average molecular weight is 374 g/mol. The van der Waals surface area contributed by atoms with Crippen molar-refractivity contribution in [2.45, 2.75) is 19.5 Å². The lowest BCUT2D eigenvalue weighted by Gasteiger charge is -2.39. The number of benzene rings is 3. The topological polar surface area (TPSA) is 23.6 Å². The smallest absolute Gasteiger partial charge is 0.244 e. The maximum absolute atomic E-state index is 14.0. The van der Waals surface area contributed by atoms with Crippen LogP contribution < -0.4 is 4.90 Å². The van der Waals surface area contributed by atoms with Gasteiger partial charge in [0.1, 0.15) is 5.82 Å². The van der Waals surface area contributed by atoms with Crippen LogP contribution in [0.25, 0.3) is 11.1 Å². The van der Waals surface area contributed by atoms with Gasteiger partial charge in [-0.2, -0.15) is 0 Å². The third-order valence-corrected chi connectivity index (χ3v) is 5.39. The van der Waals surface area contributed by atoms with Gasteiger partial charge in [0.2, 0.25) is 5.91 Å². The summed E-state index contributed by atoms with van der Waals surface area (Å²) in [4.78, 5) is 17.1. The van der Waals surface area contributed by atoms with Crippen molar-refractivity contribution in [1.82, 2.24) is 4.90 Å². The summed E-state index contributed by atoms with van der Waals surface area (Å²) < 4.78 is 14.0. The molecule has 0 aliphatic carbocycles. The van der Waals surface area contributed by atoms with Gasteiger partial charge >= 0.3 is 0 Å². The summed E-state index contributed by atoms with van der Waals surface area (Å²) in [6.07, 6.45) is 0. The third-order valence-electron chi connectivity index (χ3n) is 5.39. The molecule has 3 aromatic rings. The summed E-state index contributed by atoms with van der Waals surface area (Å²) in [7, 11) is 0. The van der Waals surface area contributed by atoms with Crippen LogP contribution in [0.5, 0.6) is 0 Å². The number of anilines is 1. The Labute approximate surface area is 165 Å². The first kappa shape index (κ1) is 18.4. The highest BCUT2D eigenvalue weighted by Crippen LogP contribution is 2.32. The number of halogens is 1. The fourth-order valence-electron chi connectivity index (χ4n) is 3.79. The minimum absolute atomic E-state index is 0.0472. The number of nitrogens with zero attached hydrogens (tertiary/aromatic N) is 2. The molecule has 0 radical (unpaired) electrons. The van der Waals surface area contributed by atoms with E-state index >= 15 is 0 Å². The van der Waals surface area contributed by atoms with Crippen LogP contribution in [0.2, 0.25) is 0 Å². The van der Waals surface area contributed by atoms with Crippen LogP contribution >= 0.6 is 0 Å². The molecule has 28 heavy (non-hydrogen) atoms. The molecule has 3 aromatic carbocycles. The molecule has 3 nitrogen and oxygen atoms in total. The maximum atomic E-state index is 14.0. The quantitative estimate of drug-likeness (QED) is 0.659. The Hall–Kier alpha value is -2.98. The lowest BCUT2D eigenvalue weighted by Crippen LogP contribution is -2.55. The third kappa shape index (κ3) is 3.56. The molecular formula is C24H23FN2O. The van der Waals surface area contributed by atoms with Gasteiger partial charge in [-0.3, -0.25) is 9.69 Å². The van der Waals surface area contributed by atoms with Crippen molar-refractivity contribution in [2.75, 3.05) is 18.0 Å². The summed E-state index contributed by atoms with van der Waals surface area (Å²) in [5.41, 5.74) is 3.69. The van der Waals surface area contributed by atoms with E-state index in [1.54, 1.807) is 12.1 Å².